The molecule has 0 radical (unpaired) electrons. The maximum Gasteiger partial charge on any atom is 0.0896 e. The molecule has 0 saturated heterocycles. The lowest BCUT2D eigenvalue weighted by Crippen LogP contribution is -2.07. The quantitative estimate of drug-likeness (QED) is 0.601. The van der Waals surface area contributed by atoms with Crippen molar-refractivity contribution in [2.45, 2.75) is 38.9 Å². The van der Waals surface area contributed by atoms with E-state index in [9.17, 15) is 0 Å². The van der Waals surface area contributed by atoms with Crippen LogP contribution in [0, 0.1) is 0 Å². The molecule has 2 aliphatic rings. The van der Waals surface area contributed by atoms with Gasteiger partial charge in [-0.05, 0) is 37.3 Å². The average Bonchev–Trinajstić information content (AvgIpc) is 2.61. The number of ether oxygens (including phenoxy) is 1. The minimum absolute atomic E-state index is 0.725. The third-order valence-electron chi connectivity index (χ3n) is 2.97. The second-order valence-electron chi connectivity index (χ2n) is 3.90. The topological polar surface area (TPSA) is 22.1 Å². The number of rotatable bonds is 0. The van der Waals surface area contributed by atoms with Gasteiger partial charge in [-0.25, -0.2) is 0 Å². The Morgan fingerprint density at radius 1 is 1.00 bits per heavy atom. The lowest BCUT2D eigenvalue weighted by atomic mass is 9.94. The Kier molecular flexibility index (Phi) is 1.62. The minimum Gasteiger partial charge on any atom is -0.370 e. The van der Waals surface area contributed by atoms with Crippen molar-refractivity contribution in [3.63, 3.8) is 0 Å². The van der Waals surface area contributed by atoms with E-state index >= 15 is 0 Å². The third kappa shape index (κ3) is 1.17. The fourth-order valence-corrected chi connectivity index (χ4v) is 2.23. The molecule has 1 aliphatic heterocycles. The van der Waals surface area contributed by atoms with Crippen LogP contribution in [0.25, 0.3) is 0 Å². The van der Waals surface area contributed by atoms with Gasteiger partial charge < -0.3 is 4.74 Å². The van der Waals surface area contributed by atoms with Gasteiger partial charge in [0.25, 0.3) is 0 Å². The van der Waals surface area contributed by atoms with Crippen LogP contribution in [-0.2, 0) is 30.8 Å². The van der Waals surface area contributed by atoms with Gasteiger partial charge in [-0.3, -0.25) is 4.98 Å². The summed E-state index contributed by atoms with van der Waals surface area (Å²) < 4.78 is 5.37. The Bertz CT molecular complexity index is 313. The highest BCUT2D eigenvalue weighted by molar-refractivity contribution is 5.33. The zero-order valence-electron chi connectivity index (χ0n) is 7.68. The SMILES string of the molecule is c1c2c(nc3c1COC3)CCCC2. The third-order valence-corrected chi connectivity index (χ3v) is 2.97. The molecule has 0 amide bonds. The highest BCUT2D eigenvalue weighted by Crippen LogP contribution is 2.25. The summed E-state index contributed by atoms with van der Waals surface area (Å²) in [5.41, 5.74) is 5.30. The molecule has 1 aliphatic carbocycles. The second-order valence-corrected chi connectivity index (χ2v) is 3.90. The normalized spacial score (nSPS) is 19.7. The zero-order valence-corrected chi connectivity index (χ0v) is 7.68. The van der Waals surface area contributed by atoms with Crippen LogP contribution >= 0.6 is 0 Å². The predicted molar refractivity (Wildman–Crippen MR) is 49.4 cm³/mol. The summed E-state index contributed by atoms with van der Waals surface area (Å²) in [5.74, 6) is 0. The van der Waals surface area contributed by atoms with E-state index in [0.29, 0.717) is 0 Å². The number of fused-ring (bicyclic) bond motifs is 2. The van der Waals surface area contributed by atoms with Gasteiger partial charge in [0.15, 0.2) is 0 Å². The highest BCUT2D eigenvalue weighted by Gasteiger charge is 2.18. The monoisotopic (exact) mass is 175 g/mol. The molecule has 1 aromatic heterocycles. The van der Waals surface area contributed by atoms with Crippen LogP contribution in [0.4, 0.5) is 0 Å². The second kappa shape index (κ2) is 2.81. The van der Waals surface area contributed by atoms with E-state index in [1.165, 1.54) is 48.2 Å². The van der Waals surface area contributed by atoms with Gasteiger partial charge in [0.05, 0.1) is 18.9 Å². The molecule has 68 valence electrons. The Labute approximate surface area is 77.9 Å². The Hall–Kier alpha value is -0.890. The molecule has 2 nitrogen and oxygen atoms in total. The summed E-state index contributed by atoms with van der Waals surface area (Å²) in [6.07, 6.45) is 5.02. The van der Waals surface area contributed by atoms with Gasteiger partial charge in [-0.1, -0.05) is 0 Å². The first kappa shape index (κ1) is 7.51. The molecule has 2 heterocycles. The van der Waals surface area contributed by atoms with E-state index < -0.39 is 0 Å². The summed E-state index contributed by atoms with van der Waals surface area (Å²) in [5, 5.41) is 0. The van der Waals surface area contributed by atoms with Crippen molar-refractivity contribution >= 4 is 0 Å². The smallest absolute Gasteiger partial charge is 0.0896 e. The molecule has 3 rings (SSSR count). The Morgan fingerprint density at radius 3 is 2.92 bits per heavy atom. The van der Waals surface area contributed by atoms with Crippen molar-refractivity contribution < 1.29 is 4.74 Å². The largest absolute Gasteiger partial charge is 0.370 e. The van der Waals surface area contributed by atoms with Gasteiger partial charge in [-0.2, -0.15) is 0 Å². The van der Waals surface area contributed by atoms with Crippen molar-refractivity contribution in [1.29, 1.82) is 0 Å². The highest BCUT2D eigenvalue weighted by atomic mass is 16.5. The van der Waals surface area contributed by atoms with Crippen molar-refractivity contribution in [3.8, 4) is 0 Å². The first-order chi connectivity index (χ1) is 6.43. The van der Waals surface area contributed by atoms with Crippen molar-refractivity contribution in [2.75, 3.05) is 0 Å². The maximum atomic E-state index is 5.37. The predicted octanol–water partition coefficient (Wildman–Crippen LogP) is 1.99. The number of aryl methyl sites for hydroxylation is 2. The van der Waals surface area contributed by atoms with E-state index in [1.807, 2.05) is 0 Å². The van der Waals surface area contributed by atoms with E-state index in [-0.39, 0.29) is 0 Å². The maximum absolute atomic E-state index is 5.37. The molecule has 0 atom stereocenters. The number of hydrogen-bond donors (Lipinski definition) is 0. The molecule has 1 aromatic rings. The van der Waals surface area contributed by atoms with E-state index in [2.05, 4.69) is 11.1 Å². The van der Waals surface area contributed by atoms with Gasteiger partial charge in [0, 0.05) is 11.3 Å². The molecular weight excluding hydrogens is 162 g/mol. The van der Waals surface area contributed by atoms with E-state index in [1.54, 1.807) is 0 Å². The van der Waals surface area contributed by atoms with Crippen LogP contribution < -0.4 is 0 Å². The first-order valence-electron chi connectivity index (χ1n) is 5.02. The van der Waals surface area contributed by atoms with Crippen LogP contribution in [0.1, 0.15) is 35.4 Å². The summed E-state index contributed by atoms with van der Waals surface area (Å²) in [6, 6.07) is 2.31. The van der Waals surface area contributed by atoms with Crippen molar-refractivity contribution in [3.05, 3.63) is 28.6 Å². The van der Waals surface area contributed by atoms with Crippen LogP contribution in [0.3, 0.4) is 0 Å². The molecule has 0 N–H and O–H groups in total. The number of nitrogens with zero attached hydrogens (tertiary/aromatic N) is 1. The Morgan fingerprint density at radius 2 is 1.92 bits per heavy atom. The minimum atomic E-state index is 0.725. The average molecular weight is 175 g/mol. The molecule has 0 spiro atoms. The van der Waals surface area contributed by atoms with E-state index in [0.717, 1.165) is 13.2 Å². The summed E-state index contributed by atoms with van der Waals surface area (Å²) in [6.45, 7) is 1.50. The van der Waals surface area contributed by atoms with E-state index in [4.69, 9.17) is 4.74 Å². The molecule has 0 saturated carbocycles. The lowest BCUT2D eigenvalue weighted by Gasteiger charge is -2.15. The van der Waals surface area contributed by atoms with Gasteiger partial charge in [0.1, 0.15) is 0 Å². The van der Waals surface area contributed by atoms with Crippen LogP contribution in [0.15, 0.2) is 6.07 Å². The molecule has 2 heteroatoms. The molecule has 0 aromatic carbocycles. The van der Waals surface area contributed by atoms with Crippen molar-refractivity contribution in [1.82, 2.24) is 4.98 Å². The molecule has 0 bridgehead atoms. The fraction of sp³-hybridized carbons (Fsp3) is 0.545. The fourth-order valence-electron chi connectivity index (χ4n) is 2.23. The summed E-state index contributed by atoms with van der Waals surface area (Å²) >= 11 is 0. The molecule has 0 unspecified atom stereocenters. The van der Waals surface area contributed by atoms with Crippen LogP contribution in [0.2, 0.25) is 0 Å². The van der Waals surface area contributed by atoms with Crippen molar-refractivity contribution in [2.24, 2.45) is 0 Å². The van der Waals surface area contributed by atoms with Crippen LogP contribution in [-0.4, -0.2) is 4.98 Å². The summed E-state index contributed by atoms with van der Waals surface area (Å²) in [7, 11) is 0. The lowest BCUT2D eigenvalue weighted by molar-refractivity contribution is 0.133. The molecule has 13 heavy (non-hydrogen) atoms. The first-order valence-corrected chi connectivity index (χ1v) is 5.02. The van der Waals surface area contributed by atoms with Gasteiger partial charge in [0.2, 0.25) is 0 Å². The summed E-state index contributed by atoms with van der Waals surface area (Å²) in [4.78, 5) is 4.67. The number of aromatic nitrogens is 1. The molecular formula is C11H13NO. The number of pyridine rings is 1. The number of hydrogen-bond acceptors (Lipinski definition) is 2. The Balaban J connectivity index is 2.11. The van der Waals surface area contributed by atoms with Crippen LogP contribution in [0.5, 0.6) is 0 Å². The van der Waals surface area contributed by atoms with Gasteiger partial charge in [-0.15, -0.1) is 0 Å². The standard InChI is InChI=1S/C11H13NO/c1-2-4-10-8(3-1)5-9-6-13-7-11(9)12-10/h5H,1-4,6-7H2. The zero-order chi connectivity index (χ0) is 8.67. The van der Waals surface area contributed by atoms with Gasteiger partial charge >= 0.3 is 0 Å². The molecule has 0 fully saturated rings.